The predicted molar refractivity (Wildman–Crippen MR) is 111 cm³/mol. The second-order valence-electron chi connectivity index (χ2n) is 7.58. The minimum Gasteiger partial charge on any atom is -0.484 e. The van der Waals surface area contributed by atoms with Crippen molar-refractivity contribution < 1.29 is 14.3 Å². The Morgan fingerprint density at radius 1 is 1.07 bits per heavy atom. The zero-order valence-corrected chi connectivity index (χ0v) is 16.8. The first kappa shape index (κ1) is 20.2. The van der Waals surface area contributed by atoms with Crippen LogP contribution in [0.1, 0.15) is 26.7 Å². The van der Waals surface area contributed by atoms with E-state index in [0.29, 0.717) is 17.7 Å². The topological polar surface area (TPSA) is 50.8 Å². The maximum absolute atomic E-state index is 12.1. The lowest BCUT2D eigenvalue weighted by atomic mass is 9.97. The van der Waals surface area contributed by atoms with Gasteiger partial charge >= 0.3 is 0 Å². The van der Waals surface area contributed by atoms with Crippen molar-refractivity contribution >= 4 is 5.91 Å². The highest BCUT2D eigenvalue weighted by atomic mass is 16.5. The molecule has 0 aliphatic carbocycles. The van der Waals surface area contributed by atoms with Gasteiger partial charge in [-0.3, -0.25) is 4.79 Å². The number of ether oxygens (including phenoxy) is 2. The normalized spacial score (nSPS) is 17.3. The van der Waals surface area contributed by atoms with E-state index < -0.39 is 0 Å². The molecular formula is C23H30N2O3. The quantitative estimate of drug-likeness (QED) is 0.747. The third-order valence-corrected chi connectivity index (χ3v) is 5.04. The summed E-state index contributed by atoms with van der Waals surface area (Å²) in [5.74, 6) is 2.62. The average molecular weight is 383 g/mol. The van der Waals surface area contributed by atoms with Gasteiger partial charge in [0.15, 0.2) is 6.61 Å². The second-order valence-corrected chi connectivity index (χ2v) is 7.58. The maximum Gasteiger partial charge on any atom is 0.257 e. The number of carbonyl (C=O) groups excluding carboxylic acids is 1. The van der Waals surface area contributed by atoms with E-state index in [4.69, 9.17) is 9.47 Å². The van der Waals surface area contributed by atoms with E-state index in [-0.39, 0.29) is 12.5 Å². The SMILES string of the molecule is CC(C)N1CCC[C@H](CNC(=O)COc2ccc(Oc3ccccc3)cc2)C1. The number of para-hydroxylation sites is 1. The Morgan fingerprint density at radius 2 is 1.75 bits per heavy atom. The zero-order chi connectivity index (χ0) is 19.8. The fraction of sp³-hybridized carbons (Fsp3) is 0.435. The van der Waals surface area contributed by atoms with E-state index in [1.165, 1.54) is 12.8 Å². The van der Waals surface area contributed by atoms with E-state index in [1.54, 1.807) is 0 Å². The number of carbonyl (C=O) groups is 1. The van der Waals surface area contributed by atoms with Crippen LogP contribution in [0, 0.1) is 5.92 Å². The second kappa shape index (κ2) is 10.1. The molecule has 1 aliphatic heterocycles. The Labute approximate surface area is 167 Å². The van der Waals surface area contributed by atoms with Gasteiger partial charge in [-0.2, -0.15) is 0 Å². The molecule has 28 heavy (non-hydrogen) atoms. The minimum atomic E-state index is -0.0775. The van der Waals surface area contributed by atoms with Crippen molar-refractivity contribution in [3.8, 4) is 17.2 Å². The van der Waals surface area contributed by atoms with E-state index in [9.17, 15) is 4.79 Å². The molecule has 2 aromatic carbocycles. The summed E-state index contributed by atoms with van der Waals surface area (Å²) in [6.45, 7) is 7.42. The van der Waals surface area contributed by atoms with Crippen molar-refractivity contribution in [1.82, 2.24) is 10.2 Å². The Morgan fingerprint density at radius 3 is 2.46 bits per heavy atom. The minimum absolute atomic E-state index is 0.0273. The van der Waals surface area contributed by atoms with Crippen LogP contribution in [0.4, 0.5) is 0 Å². The Hall–Kier alpha value is -2.53. The molecule has 3 rings (SSSR count). The van der Waals surface area contributed by atoms with Crippen molar-refractivity contribution in [2.75, 3.05) is 26.2 Å². The number of nitrogens with zero attached hydrogens (tertiary/aromatic N) is 1. The van der Waals surface area contributed by atoms with Gasteiger partial charge in [-0.05, 0) is 75.5 Å². The highest BCUT2D eigenvalue weighted by Gasteiger charge is 2.21. The summed E-state index contributed by atoms with van der Waals surface area (Å²) in [6, 6.07) is 17.5. The standard InChI is InChI=1S/C23H30N2O3/c1-18(2)25-14-6-7-19(16-25)15-24-23(26)17-27-20-10-12-22(13-11-20)28-21-8-4-3-5-9-21/h3-5,8-13,18-19H,6-7,14-17H2,1-2H3,(H,24,26)/t19-/m1/s1. The van der Waals surface area contributed by atoms with Gasteiger partial charge < -0.3 is 19.7 Å². The Kier molecular flexibility index (Phi) is 7.31. The first-order valence-electron chi connectivity index (χ1n) is 10.1. The fourth-order valence-electron chi connectivity index (χ4n) is 3.42. The van der Waals surface area contributed by atoms with Crippen LogP contribution in [0.2, 0.25) is 0 Å². The van der Waals surface area contributed by atoms with E-state index in [1.807, 2.05) is 54.6 Å². The number of nitrogens with one attached hydrogen (secondary N) is 1. The summed E-state index contributed by atoms with van der Waals surface area (Å²) >= 11 is 0. The molecule has 2 aromatic rings. The van der Waals surface area contributed by atoms with Crippen LogP contribution in [0.15, 0.2) is 54.6 Å². The van der Waals surface area contributed by atoms with Crippen molar-refractivity contribution in [2.45, 2.75) is 32.7 Å². The Balaban J connectivity index is 1.38. The molecule has 0 unspecified atom stereocenters. The van der Waals surface area contributed by atoms with Crippen LogP contribution in [-0.4, -0.2) is 43.1 Å². The van der Waals surface area contributed by atoms with Gasteiger partial charge in [0, 0.05) is 19.1 Å². The lowest BCUT2D eigenvalue weighted by Crippen LogP contribution is -2.44. The zero-order valence-electron chi connectivity index (χ0n) is 16.8. The molecule has 0 bridgehead atoms. The van der Waals surface area contributed by atoms with Gasteiger partial charge in [0.05, 0.1) is 0 Å². The molecule has 1 aliphatic rings. The fourth-order valence-corrected chi connectivity index (χ4v) is 3.42. The number of benzene rings is 2. The Bertz CT molecular complexity index is 731. The van der Waals surface area contributed by atoms with Crippen LogP contribution in [-0.2, 0) is 4.79 Å². The number of piperidine rings is 1. The van der Waals surface area contributed by atoms with Crippen molar-refractivity contribution in [1.29, 1.82) is 0 Å². The van der Waals surface area contributed by atoms with Crippen LogP contribution in [0.25, 0.3) is 0 Å². The molecule has 0 aromatic heterocycles. The number of rotatable bonds is 8. The smallest absolute Gasteiger partial charge is 0.257 e. The first-order chi connectivity index (χ1) is 13.6. The van der Waals surface area contributed by atoms with Gasteiger partial charge in [-0.1, -0.05) is 18.2 Å². The highest BCUT2D eigenvalue weighted by Crippen LogP contribution is 2.23. The number of hydrogen-bond acceptors (Lipinski definition) is 4. The molecule has 0 saturated carbocycles. The van der Waals surface area contributed by atoms with Gasteiger partial charge in [0.1, 0.15) is 17.2 Å². The molecule has 1 amide bonds. The van der Waals surface area contributed by atoms with E-state index in [2.05, 4.69) is 24.1 Å². The molecule has 5 heteroatoms. The molecule has 0 spiro atoms. The van der Waals surface area contributed by atoms with Gasteiger partial charge in [0.2, 0.25) is 0 Å². The average Bonchev–Trinajstić information content (AvgIpc) is 2.73. The van der Waals surface area contributed by atoms with E-state index in [0.717, 1.165) is 31.1 Å². The number of amides is 1. The summed E-state index contributed by atoms with van der Waals surface area (Å²) in [5, 5.41) is 3.01. The monoisotopic (exact) mass is 382 g/mol. The summed E-state index contributed by atoms with van der Waals surface area (Å²) in [5.41, 5.74) is 0. The van der Waals surface area contributed by atoms with Gasteiger partial charge in [-0.25, -0.2) is 0 Å². The van der Waals surface area contributed by atoms with Crippen molar-refractivity contribution in [3.63, 3.8) is 0 Å². The molecular weight excluding hydrogens is 352 g/mol. The molecule has 150 valence electrons. The first-order valence-corrected chi connectivity index (χ1v) is 10.1. The molecule has 1 N–H and O–H groups in total. The van der Waals surface area contributed by atoms with Crippen molar-refractivity contribution in [3.05, 3.63) is 54.6 Å². The summed E-state index contributed by atoms with van der Waals surface area (Å²) < 4.78 is 11.3. The largest absolute Gasteiger partial charge is 0.484 e. The number of hydrogen-bond donors (Lipinski definition) is 1. The summed E-state index contributed by atoms with van der Waals surface area (Å²) in [6.07, 6.45) is 2.37. The molecule has 1 heterocycles. The lowest BCUT2D eigenvalue weighted by molar-refractivity contribution is -0.123. The third kappa shape index (κ3) is 6.27. The van der Waals surface area contributed by atoms with Gasteiger partial charge in [0.25, 0.3) is 5.91 Å². The van der Waals surface area contributed by atoms with Crippen LogP contribution in [0.5, 0.6) is 17.2 Å². The predicted octanol–water partition coefficient (Wildman–Crippen LogP) is 4.09. The molecule has 1 fully saturated rings. The number of likely N-dealkylation sites (tertiary alicyclic amines) is 1. The van der Waals surface area contributed by atoms with Crippen LogP contribution >= 0.6 is 0 Å². The highest BCUT2D eigenvalue weighted by molar-refractivity contribution is 5.77. The molecule has 5 nitrogen and oxygen atoms in total. The maximum atomic E-state index is 12.1. The van der Waals surface area contributed by atoms with E-state index >= 15 is 0 Å². The summed E-state index contributed by atoms with van der Waals surface area (Å²) in [4.78, 5) is 14.6. The lowest BCUT2D eigenvalue weighted by Gasteiger charge is -2.35. The van der Waals surface area contributed by atoms with Crippen molar-refractivity contribution in [2.24, 2.45) is 5.92 Å². The van der Waals surface area contributed by atoms with Crippen LogP contribution < -0.4 is 14.8 Å². The molecule has 1 saturated heterocycles. The molecule has 1 atom stereocenters. The van der Waals surface area contributed by atoms with Gasteiger partial charge in [-0.15, -0.1) is 0 Å². The summed E-state index contributed by atoms with van der Waals surface area (Å²) in [7, 11) is 0. The van der Waals surface area contributed by atoms with Crippen LogP contribution in [0.3, 0.4) is 0 Å². The molecule has 0 radical (unpaired) electrons. The third-order valence-electron chi connectivity index (χ3n) is 5.04.